The molecule has 0 aliphatic carbocycles. The second-order valence-electron chi connectivity index (χ2n) is 7.64. The molecule has 29 heavy (non-hydrogen) atoms. The maximum absolute atomic E-state index is 12.9. The topological polar surface area (TPSA) is 84.5 Å². The van der Waals surface area contributed by atoms with E-state index >= 15 is 0 Å². The Labute approximate surface area is 173 Å². The summed E-state index contributed by atoms with van der Waals surface area (Å²) in [5, 5.41) is 2.74. The molecule has 2 rings (SSSR count). The average Bonchev–Trinajstić information content (AvgIpc) is 2.62. The first-order valence-electron chi connectivity index (χ1n) is 9.71. The van der Waals surface area contributed by atoms with Crippen molar-refractivity contribution >= 4 is 27.3 Å². The second-order valence-corrected chi connectivity index (χ2v) is 9.29. The minimum atomic E-state index is -3.80. The van der Waals surface area contributed by atoms with Gasteiger partial charge >= 0.3 is 0 Å². The first kappa shape index (κ1) is 22.9. The smallest absolute Gasteiger partial charge is 0.262 e. The number of aryl methyl sites for hydroxylation is 2. The SMILES string of the molecule is Cc1cccc(NS(=O)(=O)c2cc(NC(=O)[C@H](C)OCCC(C)C)ccc2C)c1. The van der Waals surface area contributed by atoms with Crippen molar-refractivity contribution < 1.29 is 17.9 Å². The van der Waals surface area contributed by atoms with E-state index in [2.05, 4.69) is 23.9 Å². The van der Waals surface area contributed by atoms with E-state index in [0.717, 1.165) is 12.0 Å². The molecule has 0 saturated heterocycles. The number of carbonyl (C=O) groups excluding carboxylic acids is 1. The molecule has 1 atom stereocenters. The number of hydrogen-bond donors (Lipinski definition) is 2. The molecule has 0 aliphatic rings. The largest absolute Gasteiger partial charge is 0.369 e. The Morgan fingerprint density at radius 2 is 1.76 bits per heavy atom. The van der Waals surface area contributed by atoms with Crippen LogP contribution in [0.25, 0.3) is 0 Å². The summed E-state index contributed by atoms with van der Waals surface area (Å²) in [6.07, 6.45) is 0.246. The molecular formula is C22H30N2O4S. The van der Waals surface area contributed by atoms with Gasteiger partial charge in [0, 0.05) is 18.0 Å². The number of carbonyl (C=O) groups is 1. The van der Waals surface area contributed by atoms with E-state index in [1.54, 1.807) is 44.2 Å². The molecule has 158 valence electrons. The van der Waals surface area contributed by atoms with Crippen molar-refractivity contribution in [1.82, 2.24) is 0 Å². The maximum atomic E-state index is 12.9. The van der Waals surface area contributed by atoms with E-state index in [1.165, 1.54) is 6.07 Å². The standard InChI is InChI=1S/C22H30N2O4S/c1-15(2)11-12-28-18(5)22(25)23-19-10-9-17(4)21(14-19)29(26,27)24-20-8-6-7-16(3)13-20/h6-10,13-15,18,24H,11-12H2,1-5H3,(H,23,25)/t18-/m0/s1. The Morgan fingerprint density at radius 1 is 1.03 bits per heavy atom. The summed E-state index contributed by atoms with van der Waals surface area (Å²) < 4.78 is 33.9. The van der Waals surface area contributed by atoms with Crippen molar-refractivity contribution in [2.75, 3.05) is 16.6 Å². The van der Waals surface area contributed by atoms with Gasteiger partial charge in [-0.3, -0.25) is 9.52 Å². The van der Waals surface area contributed by atoms with Gasteiger partial charge in [0.1, 0.15) is 6.10 Å². The van der Waals surface area contributed by atoms with Gasteiger partial charge in [0.15, 0.2) is 0 Å². The summed E-state index contributed by atoms with van der Waals surface area (Å²) in [4.78, 5) is 12.5. The fourth-order valence-electron chi connectivity index (χ4n) is 2.69. The Hall–Kier alpha value is -2.38. The molecule has 0 bridgehead atoms. The van der Waals surface area contributed by atoms with Crippen LogP contribution in [-0.2, 0) is 19.6 Å². The molecule has 0 radical (unpaired) electrons. The Morgan fingerprint density at radius 3 is 2.41 bits per heavy atom. The maximum Gasteiger partial charge on any atom is 0.262 e. The van der Waals surface area contributed by atoms with E-state index in [0.29, 0.717) is 29.5 Å². The Bertz CT molecular complexity index is 955. The van der Waals surface area contributed by atoms with Gasteiger partial charge in [-0.05, 0) is 68.5 Å². The third-order valence-corrected chi connectivity index (χ3v) is 5.97. The van der Waals surface area contributed by atoms with Crippen LogP contribution in [0.3, 0.4) is 0 Å². The molecule has 7 heteroatoms. The molecule has 2 aromatic carbocycles. The Balaban J connectivity index is 2.13. The molecule has 0 heterocycles. The summed E-state index contributed by atoms with van der Waals surface area (Å²) in [6, 6.07) is 12.0. The van der Waals surface area contributed by atoms with Crippen LogP contribution >= 0.6 is 0 Å². The quantitative estimate of drug-likeness (QED) is 0.628. The summed E-state index contributed by atoms with van der Waals surface area (Å²) in [6.45, 7) is 9.97. The first-order valence-corrected chi connectivity index (χ1v) is 11.2. The number of sulfonamides is 1. The fraction of sp³-hybridized carbons (Fsp3) is 0.409. The summed E-state index contributed by atoms with van der Waals surface area (Å²) in [5.74, 6) is 0.184. The predicted molar refractivity (Wildman–Crippen MR) is 117 cm³/mol. The molecule has 0 spiro atoms. The normalized spacial score (nSPS) is 12.6. The molecule has 1 amide bonds. The number of anilines is 2. The third kappa shape index (κ3) is 6.87. The zero-order valence-electron chi connectivity index (χ0n) is 17.7. The molecule has 0 saturated carbocycles. The minimum Gasteiger partial charge on any atom is -0.369 e. The number of nitrogens with one attached hydrogen (secondary N) is 2. The molecule has 2 aromatic rings. The Kier molecular flexibility index (Phi) is 7.81. The van der Waals surface area contributed by atoms with Crippen LogP contribution in [0, 0.1) is 19.8 Å². The lowest BCUT2D eigenvalue weighted by atomic mass is 10.1. The van der Waals surface area contributed by atoms with E-state index in [9.17, 15) is 13.2 Å². The van der Waals surface area contributed by atoms with Gasteiger partial charge in [0.2, 0.25) is 0 Å². The van der Waals surface area contributed by atoms with Crippen molar-refractivity contribution in [3.8, 4) is 0 Å². The highest BCUT2D eigenvalue weighted by Gasteiger charge is 2.19. The first-order chi connectivity index (χ1) is 13.6. The highest BCUT2D eigenvalue weighted by molar-refractivity contribution is 7.92. The predicted octanol–water partition coefficient (Wildman–Crippen LogP) is 4.49. The fourth-order valence-corrected chi connectivity index (χ4v) is 4.01. The lowest BCUT2D eigenvalue weighted by molar-refractivity contribution is -0.126. The molecule has 0 fully saturated rings. The van der Waals surface area contributed by atoms with Gasteiger partial charge in [-0.1, -0.05) is 32.0 Å². The third-order valence-electron chi connectivity index (χ3n) is 4.45. The molecule has 0 aromatic heterocycles. The minimum absolute atomic E-state index is 0.116. The molecule has 2 N–H and O–H groups in total. The summed E-state index contributed by atoms with van der Waals surface area (Å²) >= 11 is 0. The van der Waals surface area contributed by atoms with Gasteiger partial charge < -0.3 is 10.1 Å². The zero-order valence-corrected chi connectivity index (χ0v) is 18.5. The van der Waals surface area contributed by atoms with Gasteiger partial charge in [0.05, 0.1) is 4.90 Å². The van der Waals surface area contributed by atoms with Gasteiger partial charge in [-0.2, -0.15) is 0 Å². The average molecular weight is 419 g/mol. The van der Waals surface area contributed by atoms with Crippen LogP contribution in [-0.4, -0.2) is 27.0 Å². The van der Waals surface area contributed by atoms with Crippen LogP contribution < -0.4 is 10.0 Å². The number of amides is 1. The number of hydrogen-bond acceptors (Lipinski definition) is 4. The molecular weight excluding hydrogens is 388 g/mol. The number of ether oxygens (including phenoxy) is 1. The van der Waals surface area contributed by atoms with Crippen LogP contribution in [0.5, 0.6) is 0 Å². The van der Waals surface area contributed by atoms with Gasteiger partial charge in [-0.25, -0.2) is 8.42 Å². The molecule has 0 unspecified atom stereocenters. The van der Waals surface area contributed by atoms with Crippen LogP contribution in [0.2, 0.25) is 0 Å². The van der Waals surface area contributed by atoms with Crippen molar-refractivity contribution in [2.24, 2.45) is 5.92 Å². The summed E-state index contributed by atoms with van der Waals surface area (Å²) in [5.41, 5.74) is 2.44. The molecule has 6 nitrogen and oxygen atoms in total. The number of benzene rings is 2. The van der Waals surface area contributed by atoms with Crippen molar-refractivity contribution in [1.29, 1.82) is 0 Å². The second kappa shape index (κ2) is 9.89. The monoisotopic (exact) mass is 418 g/mol. The van der Waals surface area contributed by atoms with Crippen molar-refractivity contribution in [3.05, 3.63) is 53.6 Å². The van der Waals surface area contributed by atoms with E-state index in [-0.39, 0.29) is 10.8 Å². The van der Waals surface area contributed by atoms with Crippen LogP contribution in [0.4, 0.5) is 11.4 Å². The number of rotatable bonds is 9. The van der Waals surface area contributed by atoms with E-state index < -0.39 is 16.1 Å². The van der Waals surface area contributed by atoms with Crippen LogP contribution in [0.1, 0.15) is 38.3 Å². The lowest BCUT2D eigenvalue weighted by Crippen LogP contribution is -2.28. The highest BCUT2D eigenvalue weighted by Crippen LogP contribution is 2.23. The van der Waals surface area contributed by atoms with Crippen molar-refractivity contribution in [3.63, 3.8) is 0 Å². The van der Waals surface area contributed by atoms with E-state index in [4.69, 9.17) is 4.74 Å². The van der Waals surface area contributed by atoms with E-state index in [1.807, 2.05) is 13.0 Å². The van der Waals surface area contributed by atoms with Crippen LogP contribution in [0.15, 0.2) is 47.4 Å². The zero-order chi connectivity index (χ0) is 21.6. The summed E-state index contributed by atoms with van der Waals surface area (Å²) in [7, 11) is -3.80. The molecule has 0 aliphatic heterocycles. The van der Waals surface area contributed by atoms with Gasteiger partial charge in [0.25, 0.3) is 15.9 Å². The lowest BCUT2D eigenvalue weighted by Gasteiger charge is -2.16. The van der Waals surface area contributed by atoms with Crippen molar-refractivity contribution in [2.45, 2.75) is 52.0 Å². The highest BCUT2D eigenvalue weighted by atomic mass is 32.2. The van der Waals surface area contributed by atoms with Gasteiger partial charge in [-0.15, -0.1) is 0 Å².